The van der Waals surface area contributed by atoms with E-state index < -0.39 is 12.0 Å². The molecule has 0 aliphatic heterocycles. The lowest BCUT2D eigenvalue weighted by atomic mass is 10.1. The maximum absolute atomic E-state index is 10.5. The second-order valence-electron chi connectivity index (χ2n) is 4.19. The predicted molar refractivity (Wildman–Crippen MR) is 63.7 cm³/mol. The highest BCUT2D eigenvalue weighted by Crippen LogP contribution is 2.12. The molecule has 1 rings (SSSR count). The number of nitrogens with two attached hydrogens (primary N) is 1. The Morgan fingerprint density at radius 1 is 1.44 bits per heavy atom. The fourth-order valence-corrected chi connectivity index (χ4v) is 1.61. The summed E-state index contributed by atoms with van der Waals surface area (Å²) in [5.74, 6) is -0.921. The first-order valence-corrected chi connectivity index (χ1v) is 5.84. The van der Waals surface area contributed by atoms with E-state index in [1.54, 1.807) is 23.0 Å². The Morgan fingerprint density at radius 3 is 2.72 bits per heavy atom. The first-order valence-electron chi connectivity index (χ1n) is 5.84. The van der Waals surface area contributed by atoms with Crippen molar-refractivity contribution in [1.29, 1.82) is 0 Å². The molecule has 100 valence electrons. The van der Waals surface area contributed by atoms with Gasteiger partial charge in [-0.1, -0.05) is 0 Å². The molecule has 0 saturated heterocycles. The van der Waals surface area contributed by atoms with Crippen LogP contribution in [0.1, 0.15) is 24.8 Å². The molecular weight excluding hydrogens is 236 g/mol. The van der Waals surface area contributed by atoms with Crippen LogP contribution in [-0.4, -0.2) is 27.3 Å². The van der Waals surface area contributed by atoms with Crippen LogP contribution in [0, 0.1) is 0 Å². The van der Waals surface area contributed by atoms with Gasteiger partial charge in [0.1, 0.15) is 12.6 Å². The minimum atomic E-state index is -0.979. The fraction of sp³-hybridized carbons (Fsp3) is 0.500. The maximum Gasteiger partial charge on any atom is 0.320 e. The molecule has 6 nitrogen and oxygen atoms in total. The Morgan fingerprint density at radius 2 is 2.17 bits per heavy atom. The van der Waals surface area contributed by atoms with Gasteiger partial charge in [0.25, 0.3) is 0 Å². The highest BCUT2D eigenvalue weighted by atomic mass is 16.4. The summed E-state index contributed by atoms with van der Waals surface area (Å²) in [7, 11) is 0. The minimum Gasteiger partial charge on any atom is -0.502 e. The monoisotopic (exact) mass is 255 g/mol. The Balaban J connectivity index is 2.36. The van der Waals surface area contributed by atoms with Crippen molar-refractivity contribution in [3.63, 3.8) is 0 Å². The molecule has 0 aliphatic carbocycles. The van der Waals surface area contributed by atoms with Crippen molar-refractivity contribution >= 4 is 5.97 Å². The summed E-state index contributed by atoms with van der Waals surface area (Å²) < 4.78 is 1.79. The van der Waals surface area contributed by atoms with E-state index in [4.69, 9.17) is 15.9 Å². The number of carboxylic acid groups (broad SMARTS) is 1. The molecule has 1 unspecified atom stereocenters. The number of pyridine rings is 1. The van der Waals surface area contributed by atoms with E-state index in [0.29, 0.717) is 24.9 Å². The second kappa shape index (κ2) is 6.93. The van der Waals surface area contributed by atoms with Gasteiger partial charge in [0, 0.05) is 18.1 Å². The Labute approximate surface area is 105 Å². The van der Waals surface area contributed by atoms with E-state index in [9.17, 15) is 9.90 Å². The number of aromatic nitrogens is 1. The van der Waals surface area contributed by atoms with Crippen LogP contribution in [0.2, 0.25) is 0 Å². The summed E-state index contributed by atoms with van der Waals surface area (Å²) >= 11 is 0. The van der Waals surface area contributed by atoms with Crippen LogP contribution in [-0.2, 0) is 17.9 Å². The van der Waals surface area contributed by atoms with Gasteiger partial charge in [0.15, 0.2) is 11.9 Å². The number of carboxylic acids is 1. The zero-order valence-corrected chi connectivity index (χ0v) is 10.1. The fourth-order valence-electron chi connectivity index (χ4n) is 1.61. The van der Waals surface area contributed by atoms with E-state index in [2.05, 4.69) is 0 Å². The van der Waals surface area contributed by atoms with E-state index in [1.807, 2.05) is 0 Å². The maximum atomic E-state index is 10.5. The Hall–Kier alpha value is -1.66. The number of nitrogens with zero attached hydrogens (tertiary/aromatic N) is 1. The number of unbranched alkanes of at least 4 members (excludes halogenated alkanes) is 1. The third-order valence-electron chi connectivity index (χ3n) is 2.75. The molecule has 6 heteroatoms. The number of aliphatic hydroxyl groups excluding tert-OH is 1. The first kappa shape index (κ1) is 14.4. The van der Waals surface area contributed by atoms with Crippen molar-refractivity contribution in [3.8, 4) is 5.75 Å². The molecule has 0 bridgehead atoms. The van der Waals surface area contributed by atoms with E-state index in [0.717, 1.165) is 6.42 Å². The molecule has 0 aromatic carbocycles. The zero-order chi connectivity index (χ0) is 13.5. The number of hydrogen-bond acceptors (Lipinski definition) is 4. The standard InChI is InChI=1S/C12H18N2O4/c13-10(12(17)18)3-1-2-5-14-6-4-9(8-15)11(16)7-14/h4,6-7,10,15H,1-3,5,8,13H2,(H-,16,17,18)/p+1. The molecule has 0 saturated carbocycles. The van der Waals surface area contributed by atoms with Crippen molar-refractivity contribution in [2.45, 2.75) is 38.5 Å². The Kier molecular flexibility index (Phi) is 5.54. The van der Waals surface area contributed by atoms with Crippen LogP contribution in [0.4, 0.5) is 0 Å². The molecule has 0 spiro atoms. The molecule has 1 aromatic rings. The Bertz CT molecular complexity index is 409. The first-order chi connectivity index (χ1) is 8.54. The summed E-state index contributed by atoms with van der Waals surface area (Å²) in [6, 6.07) is 0.846. The molecule has 0 amide bonds. The average Bonchev–Trinajstić information content (AvgIpc) is 2.34. The number of aliphatic hydroxyl groups is 1. The van der Waals surface area contributed by atoms with Gasteiger partial charge in [-0.3, -0.25) is 4.79 Å². The lowest BCUT2D eigenvalue weighted by Crippen LogP contribution is -2.33. The SMILES string of the molecule is NC(CCCC[n+]1ccc(CO)c(O)c1)C(=O)O. The topological polar surface area (TPSA) is 108 Å². The van der Waals surface area contributed by atoms with Gasteiger partial charge in [-0.25, -0.2) is 4.57 Å². The van der Waals surface area contributed by atoms with Gasteiger partial charge in [-0.05, 0) is 12.8 Å². The lowest BCUT2D eigenvalue weighted by molar-refractivity contribution is -0.697. The highest BCUT2D eigenvalue weighted by molar-refractivity contribution is 5.72. The largest absolute Gasteiger partial charge is 0.502 e. The molecule has 1 aromatic heterocycles. The van der Waals surface area contributed by atoms with Crippen LogP contribution in [0.25, 0.3) is 0 Å². The summed E-state index contributed by atoms with van der Waals surface area (Å²) in [4.78, 5) is 10.5. The van der Waals surface area contributed by atoms with Crippen LogP contribution >= 0.6 is 0 Å². The molecule has 0 aliphatic rings. The number of aromatic hydroxyl groups is 1. The van der Waals surface area contributed by atoms with Gasteiger partial charge >= 0.3 is 5.97 Å². The number of rotatable bonds is 7. The van der Waals surface area contributed by atoms with Crippen LogP contribution in [0.15, 0.2) is 18.5 Å². The number of hydrogen-bond donors (Lipinski definition) is 4. The lowest BCUT2D eigenvalue weighted by Gasteiger charge is -2.04. The van der Waals surface area contributed by atoms with Crippen LogP contribution in [0.5, 0.6) is 5.75 Å². The zero-order valence-electron chi connectivity index (χ0n) is 10.1. The summed E-state index contributed by atoms with van der Waals surface area (Å²) in [6.07, 6.45) is 5.24. The third-order valence-corrected chi connectivity index (χ3v) is 2.75. The third kappa shape index (κ3) is 4.31. The van der Waals surface area contributed by atoms with Gasteiger partial charge in [-0.15, -0.1) is 0 Å². The van der Waals surface area contributed by atoms with E-state index >= 15 is 0 Å². The minimum absolute atomic E-state index is 0.0576. The highest BCUT2D eigenvalue weighted by Gasteiger charge is 2.11. The van der Waals surface area contributed by atoms with Crippen molar-refractivity contribution in [2.24, 2.45) is 5.73 Å². The average molecular weight is 255 g/mol. The molecular formula is C12H19N2O4+. The molecule has 0 radical (unpaired) electrons. The van der Waals surface area contributed by atoms with Gasteiger partial charge < -0.3 is 21.1 Å². The smallest absolute Gasteiger partial charge is 0.320 e. The molecule has 1 atom stereocenters. The van der Waals surface area contributed by atoms with Crippen LogP contribution in [0.3, 0.4) is 0 Å². The predicted octanol–water partition coefficient (Wildman–Crippen LogP) is -0.246. The number of aryl methyl sites for hydroxylation is 1. The second-order valence-corrected chi connectivity index (χ2v) is 4.19. The van der Waals surface area contributed by atoms with Gasteiger partial charge in [0.2, 0.25) is 6.20 Å². The summed E-state index contributed by atoms with van der Waals surface area (Å²) in [6.45, 7) is 0.478. The van der Waals surface area contributed by atoms with Crippen molar-refractivity contribution in [2.75, 3.05) is 0 Å². The molecule has 18 heavy (non-hydrogen) atoms. The van der Waals surface area contributed by atoms with E-state index in [1.165, 1.54) is 0 Å². The van der Waals surface area contributed by atoms with Crippen molar-refractivity contribution in [1.82, 2.24) is 0 Å². The molecule has 0 fully saturated rings. The number of aliphatic carboxylic acids is 1. The van der Waals surface area contributed by atoms with Crippen molar-refractivity contribution in [3.05, 3.63) is 24.0 Å². The summed E-state index contributed by atoms with van der Waals surface area (Å²) in [5, 5.41) is 27.0. The normalized spacial score (nSPS) is 12.3. The van der Waals surface area contributed by atoms with Gasteiger partial charge in [0.05, 0.1) is 6.61 Å². The van der Waals surface area contributed by atoms with E-state index in [-0.39, 0.29) is 12.4 Å². The van der Waals surface area contributed by atoms with Crippen molar-refractivity contribution < 1.29 is 24.7 Å². The number of carbonyl (C=O) groups is 1. The quantitative estimate of drug-likeness (QED) is 0.397. The van der Waals surface area contributed by atoms with Crippen LogP contribution < -0.4 is 10.3 Å². The summed E-state index contributed by atoms with van der Waals surface area (Å²) in [5.41, 5.74) is 5.87. The molecule has 5 N–H and O–H groups in total. The van der Waals surface area contributed by atoms with Gasteiger partial charge in [-0.2, -0.15) is 0 Å². The molecule has 1 heterocycles.